The van der Waals surface area contributed by atoms with Crippen molar-refractivity contribution in [1.82, 2.24) is 25.5 Å². The first-order valence-corrected chi connectivity index (χ1v) is 6.25. The van der Waals surface area contributed by atoms with Crippen molar-refractivity contribution < 1.29 is 0 Å². The molecule has 1 heterocycles. The highest BCUT2D eigenvalue weighted by atomic mass is 15.6. The van der Waals surface area contributed by atoms with E-state index >= 15 is 0 Å². The highest BCUT2D eigenvalue weighted by molar-refractivity contribution is 4.87. The Hall–Kier alpha value is -0.970. The quantitative estimate of drug-likeness (QED) is 0.844. The fourth-order valence-electron chi connectivity index (χ4n) is 1.69. The van der Waals surface area contributed by atoms with Gasteiger partial charge < -0.3 is 5.32 Å². The maximum Gasteiger partial charge on any atom is 0.175 e. The number of hydrogen-bond acceptors (Lipinski definition) is 4. The zero-order valence-corrected chi connectivity index (χ0v) is 11.9. The van der Waals surface area contributed by atoms with Crippen molar-refractivity contribution in [3.63, 3.8) is 0 Å². The average molecular weight is 239 g/mol. The van der Waals surface area contributed by atoms with Gasteiger partial charge in [0.1, 0.15) is 0 Å². The summed E-state index contributed by atoms with van der Waals surface area (Å²) in [7, 11) is 1.80. The second kappa shape index (κ2) is 5.58. The summed E-state index contributed by atoms with van der Waals surface area (Å²) in [6.07, 6.45) is 0.872. The molecule has 1 aromatic heterocycles. The van der Waals surface area contributed by atoms with E-state index in [1.807, 2.05) is 0 Å². The molecule has 1 N–H and O–H groups in total. The third-order valence-corrected chi connectivity index (χ3v) is 2.98. The Kier molecular flexibility index (Phi) is 4.62. The number of tetrazole rings is 1. The van der Waals surface area contributed by atoms with Crippen LogP contribution in [0, 0.1) is 11.3 Å². The van der Waals surface area contributed by atoms with Crippen molar-refractivity contribution >= 4 is 0 Å². The largest absolute Gasteiger partial charge is 0.314 e. The van der Waals surface area contributed by atoms with Gasteiger partial charge in [0.2, 0.25) is 0 Å². The van der Waals surface area contributed by atoms with E-state index in [1.54, 1.807) is 7.05 Å². The Balaban J connectivity index is 2.64. The van der Waals surface area contributed by atoms with E-state index < -0.39 is 0 Å². The normalized spacial score (nSPS) is 14.3. The number of aryl methyl sites for hydroxylation is 1. The van der Waals surface area contributed by atoms with Crippen molar-refractivity contribution in [3.8, 4) is 0 Å². The number of nitrogens with one attached hydrogen (secondary N) is 1. The van der Waals surface area contributed by atoms with Gasteiger partial charge in [-0.3, -0.25) is 0 Å². The van der Waals surface area contributed by atoms with Crippen molar-refractivity contribution in [2.75, 3.05) is 6.54 Å². The Labute approximate surface area is 104 Å². The minimum atomic E-state index is 0.237. The van der Waals surface area contributed by atoms with E-state index in [2.05, 4.69) is 55.3 Å². The molecule has 1 rings (SSSR count). The van der Waals surface area contributed by atoms with Gasteiger partial charge in [-0.25, -0.2) is 0 Å². The Bertz CT molecular complexity index is 337. The molecule has 1 atom stereocenters. The number of aromatic nitrogens is 4. The summed E-state index contributed by atoms with van der Waals surface area (Å²) >= 11 is 0. The van der Waals surface area contributed by atoms with E-state index in [9.17, 15) is 0 Å². The van der Waals surface area contributed by atoms with Crippen LogP contribution in [0.15, 0.2) is 0 Å². The van der Waals surface area contributed by atoms with Crippen LogP contribution < -0.4 is 5.32 Å². The summed E-state index contributed by atoms with van der Waals surface area (Å²) in [4.78, 5) is 1.52. The number of nitrogens with zero attached hydrogens (tertiary/aromatic N) is 4. The van der Waals surface area contributed by atoms with Gasteiger partial charge in [0.15, 0.2) is 5.82 Å². The van der Waals surface area contributed by atoms with Crippen LogP contribution in [0.2, 0.25) is 0 Å². The van der Waals surface area contributed by atoms with Crippen LogP contribution in [0.4, 0.5) is 0 Å². The van der Waals surface area contributed by atoms with E-state index in [0.29, 0.717) is 12.0 Å². The fraction of sp³-hybridized carbons (Fsp3) is 0.917. The lowest BCUT2D eigenvalue weighted by molar-refractivity contribution is 0.223. The molecule has 5 nitrogen and oxygen atoms in total. The summed E-state index contributed by atoms with van der Waals surface area (Å²) < 4.78 is 0. The summed E-state index contributed by atoms with van der Waals surface area (Å²) in [5.41, 5.74) is 0.237. The lowest BCUT2D eigenvalue weighted by Crippen LogP contribution is -2.36. The molecule has 98 valence electrons. The van der Waals surface area contributed by atoms with E-state index in [-0.39, 0.29) is 5.41 Å². The van der Waals surface area contributed by atoms with E-state index in [1.165, 1.54) is 4.80 Å². The van der Waals surface area contributed by atoms with Crippen LogP contribution in [0.25, 0.3) is 0 Å². The molecule has 5 heteroatoms. The zero-order valence-electron chi connectivity index (χ0n) is 11.9. The van der Waals surface area contributed by atoms with Crippen LogP contribution in [0.3, 0.4) is 0 Å². The summed E-state index contributed by atoms with van der Waals surface area (Å²) in [5.74, 6) is 1.34. The van der Waals surface area contributed by atoms with Gasteiger partial charge in [-0.15, -0.1) is 10.2 Å². The van der Waals surface area contributed by atoms with Gasteiger partial charge in [-0.05, 0) is 23.1 Å². The first-order chi connectivity index (χ1) is 7.79. The number of hydrogen-bond donors (Lipinski definition) is 1. The molecule has 0 amide bonds. The SMILES string of the molecule is CC(C)NCC(Cc1nnn(C)n1)C(C)(C)C. The van der Waals surface area contributed by atoms with Crippen molar-refractivity contribution in [3.05, 3.63) is 5.82 Å². The highest BCUT2D eigenvalue weighted by Gasteiger charge is 2.26. The van der Waals surface area contributed by atoms with Gasteiger partial charge in [0, 0.05) is 12.5 Å². The van der Waals surface area contributed by atoms with E-state index in [4.69, 9.17) is 0 Å². The van der Waals surface area contributed by atoms with Crippen LogP contribution in [0.5, 0.6) is 0 Å². The van der Waals surface area contributed by atoms with Crippen molar-refractivity contribution in [2.24, 2.45) is 18.4 Å². The van der Waals surface area contributed by atoms with Crippen molar-refractivity contribution in [2.45, 2.75) is 47.1 Å². The molecule has 0 saturated carbocycles. The first-order valence-electron chi connectivity index (χ1n) is 6.25. The monoisotopic (exact) mass is 239 g/mol. The molecule has 0 aliphatic carbocycles. The Morgan fingerprint density at radius 2 is 1.94 bits per heavy atom. The van der Waals surface area contributed by atoms with Crippen LogP contribution >= 0.6 is 0 Å². The highest BCUT2D eigenvalue weighted by Crippen LogP contribution is 2.27. The smallest absolute Gasteiger partial charge is 0.175 e. The molecule has 17 heavy (non-hydrogen) atoms. The molecule has 0 spiro atoms. The van der Waals surface area contributed by atoms with Crippen molar-refractivity contribution in [1.29, 1.82) is 0 Å². The van der Waals surface area contributed by atoms with Crippen LogP contribution in [0.1, 0.15) is 40.4 Å². The lowest BCUT2D eigenvalue weighted by Gasteiger charge is -2.30. The standard InChI is InChI=1S/C12H25N5/c1-9(2)13-8-10(12(3,4)5)7-11-14-16-17(6)15-11/h9-10,13H,7-8H2,1-6H3. The molecular formula is C12H25N5. The zero-order chi connectivity index (χ0) is 13.1. The minimum Gasteiger partial charge on any atom is -0.314 e. The molecule has 0 fully saturated rings. The third-order valence-electron chi connectivity index (χ3n) is 2.98. The predicted molar refractivity (Wildman–Crippen MR) is 68.6 cm³/mol. The first kappa shape index (κ1) is 14.1. The van der Waals surface area contributed by atoms with Crippen LogP contribution in [-0.2, 0) is 13.5 Å². The topological polar surface area (TPSA) is 55.6 Å². The summed E-state index contributed by atoms with van der Waals surface area (Å²) in [6.45, 7) is 12.1. The Morgan fingerprint density at radius 1 is 1.29 bits per heavy atom. The maximum absolute atomic E-state index is 4.26. The van der Waals surface area contributed by atoms with Crippen LogP contribution in [-0.4, -0.2) is 32.8 Å². The molecule has 0 bridgehead atoms. The molecule has 1 unspecified atom stereocenters. The molecule has 1 aromatic rings. The van der Waals surface area contributed by atoms with Gasteiger partial charge >= 0.3 is 0 Å². The van der Waals surface area contributed by atoms with Gasteiger partial charge in [-0.1, -0.05) is 34.6 Å². The second-order valence-electron chi connectivity index (χ2n) is 6.03. The Morgan fingerprint density at radius 3 is 2.35 bits per heavy atom. The van der Waals surface area contributed by atoms with Gasteiger partial charge in [0.25, 0.3) is 0 Å². The summed E-state index contributed by atoms with van der Waals surface area (Å²) in [6, 6.07) is 0.509. The molecule has 0 aromatic carbocycles. The second-order valence-corrected chi connectivity index (χ2v) is 6.03. The van der Waals surface area contributed by atoms with E-state index in [0.717, 1.165) is 18.8 Å². The number of rotatable bonds is 5. The molecule has 0 saturated heterocycles. The summed E-state index contributed by atoms with van der Waals surface area (Å²) in [5, 5.41) is 15.7. The molecule has 0 aliphatic heterocycles. The molecular weight excluding hydrogens is 214 g/mol. The predicted octanol–water partition coefficient (Wildman–Crippen LogP) is 1.41. The fourth-order valence-corrected chi connectivity index (χ4v) is 1.69. The minimum absolute atomic E-state index is 0.237. The average Bonchev–Trinajstić information content (AvgIpc) is 2.56. The third kappa shape index (κ3) is 4.81. The van der Waals surface area contributed by atoms with Gasteiger partial charge in [0.05, 0.1) is 7.05 Å². The maximum atomic E-state index is 4.26. The molecule has 0 radical (unpaired) electrons. The molecule has 0 aliphatic rings. The lowest BCUT2D eigenvalue weighted by atomic mass is 9.78. The van der Waals surface area contributed by atoms with Gasteiger partial charge in [-0.2, -0.15) is 4.80 Å².